The van der Waals surface area contributed by atoms with Gasteiger partial charge in [-0.2, -0.15) is 0 Å². The Balaban J connectivity index is 2.65. The number of terminal acetylenes is 1. The summed E-state index contributed by atoms with van der Waals surface area (Å²) in [5.74, 6) is 3.48. The summed E-state index contributed by atoms with van der Waals surface area (Å²) in [5, 5.41) is 3.24. The van der Waals surface area contributed by atoms with Crippen molar-refractivity contribution in [3.63, 3.8) is 0 Å². The van der Waals surface area contributed by atoms with E-state index in [-0.39, 0.29) is 6.04 Å². The summed E-state index contributed by atoms with van der Waals surface area (Å²) in [6, 6.07) is 0.266. The summed E-state index contributed by atoms with van der Waals surface area (Å²) in [6.07, 6.45) is 7.74. The summed E-state index contributed by atoms with van der Waals surface area (Å²) in [6.45, 7) is 2.04. The Kier molecular flexibility index (Phi) is 3.60. The van der Waals surface area contributed by atoms with Crippen molar-refractivity contribution in [2.45, 2.75) is 19.4 Å². The van der Waals surface area contributed by atoms with Crippen molar-refractivity contribution in [2.24, 2.45) is 7.05 Å². The molecule has 0 amide bonds. The first-order valence-corrected chi connectivity index (χ1v) is 5.10. The topological polar surface area (TPSA) is 29.9 Å². The Labute approximate surface area is 92.1 Å². The monoisotopic (exact) mass is 289 g/mol. The zero-order valence-corrected chi connectivity index (χ0v) is 9.87. The Morgan fingerprint density at radius 1 is 1.85 bits per heavy atom. The van der Waals surface area contributed by atoms with E-state index in [1.807, 2.05) is 24.7 Å². The van der Waals surface area contributed by atoms with Crippen molar-refractivity contribution >= 4 is 28.5 Å². The maximum Gasteiger partial charge on any atom is 0.203 e. The Morgan fingerprint density at radius 2 is 2.54 bits per heavy atom. The number of nitrogens with zero attached hydrogens (tertiary/aromatic N) is 2. The predicted octanol–water partition coefficient (Wildman–Crippen LogP) is 1.85. The van der Waals surface area contributed by atoms with Crippen LogP contribution in [0.2, 0.25) is 0 Å². The maximum absolute atomic E-state index is 5.21. The molecule has 1 rings (SSSR count). The van der Waals surface area contributed by atoms with Gasteiger partial charge < -0.3 is 9.88 Å². The van der Waals surface area contributed by atoms with Crippen molar-refractivity contribution in [1.82, 2.24) is 9.55 Å². The van der Waals surface area contributed by atoms with E-state index in [4.69, 9.17) is 6.42 Å². The van der Waals surface area contributed by atoms with Crippen LogP contribution in [-0.4, -0.2) is 15.6 Å². The molecule has 0 bridgehead atoms. The molecule has 70 valence electrons. The molecule has 0 aliphatic rings. The number of halogens is 1. The summed E-state index contributed by atoms with van der Waals surface area (Å²) >= 11 is 2.23. The van der Waals surface area contributed by atoms with E-state index in [2.05, 4.69) is 38.8 Å². The summed E-state index contributed by atoms with van der Waals surface area (Å²) in [4.78, 5) is 4.21. The van der Waals surface area contributed by atoms with Crippen LogP contribution >= 0.6 is 22.6 Å². The van der Waals surface area contributed by atoms with Crippen LogP contribution in [0, 0.1) is 16.0 Å². The zero-order chi connectivity index (χ0) is 9.84. The lowest BCUT2D eigenvalue weighted by Crippen LogP contribution is -2.17. The van der Waals surface area contributed by atoms with Crippen LogP contribution in [-0.2, 0) is 7.05 Å². The number of rotatable bonds is 3. The van der Waals surface area contributed by atoms with Gasteiger partial charge in [-0.05, 0) is 29.5 Å². The molecule has 1 N–H and O–H groups in total. The van der Waals surface area contributed by atoms with Crippen molar-refractivity contribution < 1.29 is 0 Å². The van der Waals surface area contributed by atoms with E-state index in [9.17, 15) is 0 Å². The highest BCUT2D eigenvalue weighted by atomic mass is 127. The molecule has 1 aromatic rings. The number of hydrogen-bond acceptors (Lipinski definition) is 2. The van der Waals surface area contributed by atoms with Gasteiger partial charge in [-0.25, -0.2) is 4.98 Å². The van der Waals surface area contributed by atoms with Crippen molar-refractivity contribution in [3.05, 3.63) is 9.90 Å². The second kappa shape index (κ2) is 4.51. The minimum atomic E-state index is 0.266. The first-order chi connectivity index (χ1) is 6.15. The van der Waals surface area contributed by atoms with Crippen LogP contribution in [0.25, 0.3) is 0 Å². The minimum Gasteiger partial charge on any atom is -0.352 e. The highest BCUT2D eigenvalue weighted by molar-refractivity contribution is 14.1. The first kappa shape index (κ1) is 10.4. The molecule has 0 saturated carbocycles. The number of hydrogen-bond donors (Lipinski definition) is 1. The Morgan fingerprint density at radius 3 is 3.00 bits per heavy atom. The second-order valence-electron chi connectivity index (χ2n) is 2.92. The molecule has 4 heteroatoms. The van der Waals surface area contributed by atoms with Gasteiger partial charge in [0.25, 0.3) is 0 Å². The van der Waals surface area contributed by atoms with Gasteiger partial charge in [-0.15, -0.1) is 12.3 Å². The van der Waals surface area contributed by atoms with E-state index in [1.165, 1.54) is 0 Å². The van der Waals surface area contributed by atoms with Crippen LogP contribution in [0.15, 0.2) is 6.20 Å². The summed E-state index contributed by atoms with van der Waals surface area (Å²) in [7, 11) is 1.97. The lowest BCUT2D eigenvalue weighted by Gasteiger charge is -2.11. The van der Waals surface area contributed by atoms with Crippen LogP contribution in [0.5, 0.6) is 0 Å². The average molecular weight is 289 g/mol. The van der Waals surface area contributed by atoms with E-state index >= 15 is 0 Å². The lowest BCUT2D eigenvalue weighted by molar-refractivity contribution is 0.784. The van der Waals surface area contributed by atoms with Gasteiger partial charge in [0.1, 0.15) is 3.70 Å². The summed E-state index contributed by atoms with van der Waals surface area (Å²) in [5.41, 5.74) is 0. The molecule has 0 radical (unpaired) electrons. The lowest BCUT2D eigenvalue weighted by atomic mass is 10.2. The van der Waals surface area contributed by atoms with Crippen molar-refractivity contribution in [1.29, 1.82) is 0 Å². The van der Waals surface area contributed by atoms with Gasteiger partial charge >= 0.3 is 0 Å². The largest absolute Gasteiger partial charge is 0.352 e. The fourth-order valence-electron chi connectivity index (χ4n) is 0.971. The fourth-order valence-corrected chi connectivity index (χ4v) is 1.34. The third-order valence-corrected chi connectivity index (χ3v) is 2.73. The van der Waals surface area contributed by atoms with Gasteiger partial charge in [0.2, 0.25) is 5.95 Å². The van der Waals surface area contributed by atoms with Gasteiger partial charge in [-0.3, -0.25) is 0 Å². The highest BCUT2D eigenvalue weighted by Crippen LogP contribution is 2.11. The van der Waals surface area contributed by atoms with E-state index in [0.717, 1.165) is 9.65 Å². The van der Waals surface area contributed by atoms with Crippen molar-refractivity contribution in [2.75, 3.05) is 5.32 Å². The fraction of sp³-hybridized carbons (Fsp3) is 0.444. The average Bonchev–Trinajstić information content (AvgIpc) is 2.37. The molecule has 3 nitrogen and oxygen atoms in total. The molecular formula is C9H12IN3. The molecule has 0 fully saturated rings. The number of imidazole rings is 1. The predicted molar refractivity (Wildman–Crippen MR) is 62.5 cm³/mol. The van der Waals surface area contributed by atoms with E-state index in [0.29, 0.717) is 6.42 Å². The van der Waals surface area contributed by atoms with Crippen LogP contribution in [0.3, 0.4) is 0 Å². The number of aromatic nitrogens is 2. The van der Waals surface area contributed by atoms with E-state index < -0.39 is 0 Å². The summed E-state index contributed by atoms with van der Waals surface area (Å²) < 4.78 is 3.10. The van der Waals surface area contributed by atoms with Gasteiger partial charge in [0.05, 0.1) is 6.20 Å². The maximum atomic E-state index is 5.21. The second-order valence-corrected chi connectivity index (χ2v) is 4.02. The molecular weight excluding hydrogens is 277 g/mol. The molecule has 1 aromatic heterocycles. The van der Waals surface area contributed by atoms with Crippen LogP contribution < -0.4 is 5.32 Å². The van der Waals surface area contributed by atoms with Gasteiger partial charge in [0, 0.05) is 19.5 Å². The molecule has 13 heavy (non-hydrogen) atoms. The molecule has 0 aliphatic heterocycles. The molecule has 1 atom stereocenters. The molecule has 1 unspecified atom stereocenters. The normalized spacial score (nSPS) is 12.2. The quantitative estimate of drug-likeness (QED) is 0.680. The third-order valence-electron chi connectivity index (χ3n) is 1.73. The molecule has 0 aliphatic carbocycles. The van der Waals surface area contributed by atoms with Gasteiger partial charge in [0.15, 0.2) is 0 Å². The molecule has 0 aromatic carbocycles. The third kappa shape index (κ3) is 2.62. The Hall–Kier alpha value is -0.700. The molecule has 0 spiro atoms. The minimum absolute atomic E-state index is 0.266. The number of nitrogens with one attached hydrogen (secondary N) is 1. The van der Waals surface area contributed by atoms with Crippen LogP contribution in [0.1, 0.15) is 13.3 Å². The first-order valence-electron chi connectivity index (χ1n) is 4.02. The zero-order valence-electron chi connectivity index (χ0n) is 7.71. The smallest absolute Gasteiger partial charge is 0.203 e. The standard InChI is InChI=1S/C9H12IN3/c1-4-5-7(2)12-9-11-6-8(10)13(9)3/h1,6-7H,5H2,2-3H3,(H,11,12). The SMILES string of the molecule is C#CCC(C)Nc1ncc(I)n1C. The Bertz CT molecular complexity index is 324. The number of anilines is 1. The molecule has 1 heterocycles. The van der Waals surface area contributed by atoms with Gasteiger partial charge in [-0.1, -0.05) is 0 Å². The highest BCUT2D eigenvalue weighted by Gasteiger charge is 2.06. The molecule has 0 saturated heterocycles. The van der Waals surface area contributed by atoms with E-state index in [1.54, 1.807) is 0 Å². The van der Waals surface area contributed by atoms with Crippen molar-refractivity contribution in [3.8, 4) is 12.3 Å². The van der Waals surface area contributed by atoms with Crippen LogP contribution in [0.4, 0.5) is 5.95 Å².